The molecule has 3 aromatic rings. The number of anilines is 1. The molecule has 2 heterocycles. The number of fused-ring (bicyclic) bond motifs is 1. The predicted octanol–water partition coefficient (Wildman–Crippen LogP) is 3.62. The van der Waals surface area contributed by atoms with Gasteiger partial charge in [0.15, 0.2) is 5.65 Å². The second kappa shape index (κ2) is 6.64. The van der Waals surface area contributed by atoms with Crippen molar-refractivity contribution in [3.8, 4) is 12.3 Å². The van der Waals surface area contributed by atoms with Crippen LogP contribution in [0, 0.1) is 26.2 Å². The molecule has 0 unspecified atom stereocenters. The van der Waals surface area contributed by atoms with Gasteiger partial charge in [-0.1, -0.05) is 12.0 Å². The van der Waals surface area contributed by atoms with Crippen molar-refractivity contribution in [2.24, 2.45) is 7.05 Å². The molecule has 0 saturated carbocycles. The van der Waals surface area contributed by atoms with E-state index in [1.807, 2.05) is 65.1 Å². The third-order valence-corrected chi connectivity index (χ3v) is 4.35. The highest BCUT2D eigenvalue weighted by Crippen LogP contribution is 2.27. The van der Waals surface area contributed by atoms with Crippen molar-refractivity contribution in [1.29, 1.82) is 0 Å². The van der Waals surface area contributed by atoms with Gasteiger partial charge in [0.1, 0.15) is 0 Å². The molecular weight excluding hydrogens is 324 g/mol. The lowest BCUT2D eigenvalue weighted by atomic mass is 10.1. The normalized spacial score (nSPS) is 11.0. The van der Waals surface area contributed by atoms with E-state index in [-0.39, 0.29) is 11.9 Å². The van der Waals surface area contributed by atoms with Crippen LogP contribution in [0.4, 0.5) is 5.69 Å². The first-order valence-corrected chi connectivity index (χ1v) is 8.54. The van der Waals surface area contributed by atoms with E-state index in [9.17, 15) is 4.79 Å². The summed E-state index contributed by atoms with van der Waals surface area (Å²) in [6, 6.07) is 9.29. The molecule has 2 aromatic heterocycles. The molecule has 3 rings (SSSR count). The molecule has 1 aromatic carbocycles. The molecule has 0 aliphatic heterocycles. The fourth-order valence-corrected chi connectivity index (χ4v) is 3.26. The van der Waals surface area contributed by atoms with Gasteiger partial charge in [-0.3, -0.25) is 9.48 Å². The Morgan fingerprint density at radius 2 is 2.00 bits per heavy atom. The van der Waals surface area contributed by atoms with E-state index < -0.39 is 0 Å². The Labute approximate surface area is 153 Å². The van der Waals surface area contributed by atoms with Gasteiger partial charge in [-0.15, -0.1) is 6.42 Å². The number of carbonyl (C=O) groups excluding carboxylic acids is 1. The highest BCUT2D eigenvalue weighted by molar-refractivity contribution is 6.14. The first kappa shape index (κ1) is 17.7. The SMILES string of the molecule is C#Cc1cccc(N(C(=O)c2cc(C)nc3c2c(C)nn3C)C(C)C)c1. The third kappa shape index (κ3) is 2.95. The minimum absolute atomic E-state index is 0.0315. The van der Waals surface area contributed by atoms with Crippen molar-refractivity contribution in [3.63, 3.8) is 0 Å². The zero-order valence-electron chi connectivity index (χ0n) is 15.7. The number of pyridine rings is 1. The fourth-order valence-electron chi connectivity index (χ4n) is 3.26. The van der Waals surface area contributed by atoms with E-state index in [1.54, 1.807) is 9.58 Å². The Balaban J connectivity index is 2.20. The summed E-state index contributed by atoms with van der Waals surface area (Å²) in [4.78, 5) is 19.8. The fraction of sp³-hybridized carbons (Fsp3) is 0.286. The van der Waals surface area contributed by atoms with Crippen molar-refractivity contribution in [3.05, 3.63) is 52.8 Å². The van der Waals surface area contributed by atoms with E-state index in [0.29, 0.717) is 11.2 Å². The Kier molecular flexibility index (Phi) is 4.52. The summed E-state index contributed by atoms with van der Waals surface area (Å²) in [5, 5.41) is 5.23. The van der Waals surface area contributed by atoms with Crippen LogP contribution in [-0.2, 0) is 7.05 Å². The summed E-state index contributed by atoms with van der Waals surface area (Å²) in [5.74, 6) is 2.55. The van der Waals surface area contributed by atoms with Crippen molar-refractivity contribution < 1.29 is 4.79 Å². The van der Waals surface area contributed by atoms with Gasteiger partial charge in [-0.2, -0.15) is 5.10 Å². The van der Waals surface area contributed by atoms with Crippen LogP contribution in [0.15, 0.2) is 30.3 Å². The lowest BCUT2D eigenvalue weighted by Gasteiger charge is -2.27. The summed E-state index contributed by atoms with van der Waals surface area (Å²) in [6.45, 7) is 7.76. The van der Waals surface area contributed by atoms with E-state index in [2.05, 4.69) is 16.0 Å². The third-order valence-electron chi connectivity index (χ3n) is 4.35. The van der Waals surface area contributed by atoms with Gasteiger partial charge < -0.3 is 4.90 Å². The van der Waals surface area contributed by atoms with E-state index in [4.69, 9.17) is 6.42 Å². The molecule has 0 spiro atoms. The number of aryl methyl sites for hydroxylation is 3. The second-order valence-electron chi connectivity index (χ2n) is 6.68. The number of terminal acetylenes is 1. The summed E-state index contributed by atoms with van der Waals surface area (Å²) < 4.78 is 1.72. The monoisotopic (exact) mass is 346 g/mol. The van der Waals surface area contributed by atoms with Crippen LogP contribution in [0.5, 0.6) is 0 Å². The zero-order chi connectivity index (χ0) is 19.0. The molecule has 5 heteroatoms. The maximum Gasteiger partial charge on any atom is 0.259 e. The van der Waals surface area contributed by atoms with Crippen LogP contribution in [0.2, 0.25) is 0 Å². The van der Waals surface area contributed by atoms with E-state index in [0.717, 1.165) is 28.0 Å². The molecule has 0 aliphatic rings. The largest absolute Gasteiger partial charge is 0.306 e. The number of hydrogen-bond donors (Lipinski definition) is 0. The number of amides is 1. The summed E-state index contributed by atoms with van der Waals surface area (Å²) >= 11 is 0. The van der Waals surface area contributed by atoms with Gasteiger partial charge in [0.05, 0.1) is 16.6 Å². The highest BCUT2D eigenvalue weighted by atomic mass is 16.2. The number of hydrogen-bond acceptors (Lipinski definition) is 3. The van der Waals surface area contributed by atoms with Crippen LogP contribution in [-0.4, -0.2) is 26.7 Å². The number of benzene rings is 1. The summed E-state index contributed by atoms with van der Waals surface area (Å²) in [5.41, 5.74) is 4.42. The van der Waals surface area contributed by atoms with Gasteiger partial charge in [-0.25, -0.2) is 4.98 Å². The molecular formula is C21H22N4O. The maximum absolute atomic E-state index is 13.5. The Morgan fingerprint density at radius 3 is 2.65 bits per heavy atom. The van der Waals surface area contributed by atoms with Crippen molar-refractivity contribution in [2.75, 3.05) is 4.90 Å². The Bertz CT molecular complexity index is 1040. The summed E-state index contributed by atoms with van der Waals surface area (Å²) in [7, 11) is 1.84. The van der Waals surface area contributed by atoms with Gasteiger partial charge >= 0.3 is 0 Å². The lowest BCUT2D eigenvalue weighted by molar-refractivity contribution is 0.0981. The van der Waals surface area contributed by atoms with Crippen LogP contribution < -0.4 is 4.90 Å². The van der Waals surface area contributed by atoms with Gasteiger partial charge in [0, 0.05) is 30.0 Å². The van der Waals surface area contributed by atoms with E-state index in [1.165, 1.54) is 0 Å². The van der Waals surface area contributed by atoms with Crippen molar-refractivity contribution in [1.82, 2.24) is 14.8 Å². The Morgan fingerprint density at radius 1 is 1.27 bits per heavy atom. The molecule has 5 nitrogen and oxygen atoms in total. The quantitative estimate of drug-likeness (QED) is 0.681. The topological polar surface area (TPSA) is 51.0 Å². The molecule has 0 aliphatic carbocycles. The van der Waals surface area contributed by atoms with Gasteiger partial charge in [0.25, 0.3) is 5.91 Å². The van der Waals surface area contributed by atoms with E-state index >= 15 is 0 Å². The average molecular weight is 346 g/mol. The molecule has 0 N–H and O–H groups in total. The van der Waals surface area contributed by atoms with Crippen LogP contribution in [0.3, 0.4) is 0 Å². The minimum atomic E-state index is -0.0826. The first-order chi connectivity index (χ1) is 12.3. The standard InChI is InChI=1S/C21H22N4O/c1-7-16-9-8-10-17(12-16)25(13(2)3)21(26)18-11-14(4)22-20-19(18)15(5)23-24(20)6/h1,8-13H,2-6H3. The number of aromatic nitrogens is 3. The molecule has 0 atom stereocenters. The summed E-state index contributed by atoms with van der Waals surface area (Å²) in [6.07, 6.45) is 5.53. The predicted molar refractivity (Wildman–Crippen MR) is 104 cm³/mol. The molecule has 132 valence electrons. The zero-order valence-corrected chi connectivity index (χ0v) is 15.7. The highest BCUT2D eigenvalue weighted by Gasteiger charge is 2.25. The lowest BCUT2D eigenvalue weighted by Crippen LogP contribution is -2.37. The average Bonchev–Trinajstić information content (AvgIpc) is 2.88. The molecule has 1 amide bonds. The number of rotatable bonds is 3. The smallest absolute Gasteiger partial charge is 0.259 e. The molecule has 0 saturated heterocycles. The maximum atomic E-state index is 13.5. The minimum Gasteiger partial charge on any atom is -0.306 e. The van der Waals surface area contributed by atoms with Crippen LogP contribution >= 0.6 is 0 Å². The number of nitrogens with zero attached hydrogens (tertiary/aromatic N) is 4. The molecule has 0 bridgehead atoms. The molecule has 0 radical (unpaired) electrons. The van der Waals surface area contributed by atoms with Crippen molar-refractivity contribution in [2.45, 2.75) is 33.7 Å². The van der Waals surface area contributed by atoms with Crippen LogP contribution in [0.1, 0.15) is 41.2 Å². The first-order valence-electron chi connectivity index (χ1n) is 8.54. The van der Waals surface area contributed by atoms with Gasteiger partial charge in [0.2, 0.25) is 0 Å². The molecule has 26 heavy (non-hydrogen) atoms. The number of carbonyl (C=O) groups is 1. The molecule has 0 fully saturated rings. The second-order valence-corrected chi connectivity index (χ2v) is 6.68. The van der Waals surface area contributed by atoms with Crippen LogP contribution in [0.25, 0.3) is 11.0 Å². The van der Waals surface area contributed by atoms with Gasteiger partial charge in [-0.05, 0) is 52.0 Å². The van der Waals surface area contributed by atoms with Crippen molar-refractivity contribution >= 4 is 22.6 Å². The Hall–Kier alpha value is -3.13.